The van der Waals surface area contributed by atoms with E-state index >= 15 is 0 Å². The molecule has 5 aromatic rings. The number of fused-ring (bicyclic) bond motifs is 6. The monoisotopic (exact) mass is 362 g/mol. The van der Waals surface area contributed by atoms with E-state index in [2.05, 4.69) is 93.6 Å². The van der Waals surface area contributed by atoms with Gasteiger partial charge in [-0.05, 0) is 16.2 Å². The molecule has 5 rings (SSSR count). The van der Waals surface area contributed by atoms with Gasteiger partial charge in [-0.15, -0.1) is 0 Å². The van der Waals surface area contributed by atoms with E-state index in [1.54, 1.807) is 0 Å². The summed E-state index contributed by atoms with van der Waals surface area (Å²) in [5.41, 5.74) is 3.04. The van der Waals surface area contributed by atoms with Crippen LogP contribution in [0.2, 0.25) is 0 Å². The van der Waals surface area contributed by atoms with Crippen LogP contribution in [0.4, 0.5) is 0 Å². The fourth-order valence-electron chi connectivity index (χ4n) is 3.91. The van der Waals surface area contributed by atoms with Crippen LogP contribution < -0.4 is 0 Å². The maximum Gasteiger partial charge on any atom is 0.135 e. The molecule has 0 amide bonds. The number of benzene rings is 4. The summed E-state index contributed by atoms with van der Waals surface area (Å²) in [6.07, 6.45) is 0. The predicted molar refractivity (Wildman–Crippen MR) is 119 cm³/mol. The molecule has 2 heteroatoms. The smallest absolute Gasteiger partial charge is 0.135 e. The van der Waals surface area contributed by atoms with Gasteiger partial charge in [-0.1, -0.05) is 99.6 Å². The largest absolute Gasteiger partial charge is 0.232 e. The van der Waals surface area contributed by atoms with Gasteiger partial charge in [-0.3, -0.25) is 0 Å². The number of nitrogens with zero attached hydrogens (tertiary/aromatic N) is 2. The Morgan fingerprint density at radius 1 is 0.571 bits per heavy atom. The van der Waals surface area contributed by atoms with Gasteiger partial charge in [0.2, 0.25) is 0 Å². The van der Waals surface area contributed by atoms with Crippen LogP contribution in [0.5, 0.6) is 0 Å². The summed E-state index contributed by atoms with van der Waals surface area (Å²) in [6, 6.07) is 27.6. The van der Waals surface area contributed by atoms with Crippen LogP contribution in [-0.4, -0.2) is 9.97 Å². The minimum absolute atomic E-state index is 0.134. The van der Waals surface area contributed by atoms with E-state index in [4.69, 9.17) is 9.97 Å². The van der Waals surface area contributed by atoms with Gasteiger partial charge >= 0.3 is 0 Å². The van der Waals surface area contributed by atoms with Crippen molar-refractivity contribution in [3.05, 3.63) is 84.7 Å². The molecule has 28 heavy (non-hydrogen) atoms. The van der Waals surface area contributed by atoms with E-state index in [0.29, 0.717) is 0 Å². The first-order chi connectivity index (χ1) is 13.5. The summed E-state index contributed by atoms with van der Waals surface area (Å²) < 4.78 is 0. The highest BCUT2D eigenvalue weighted by Gasteiger charge is 2.22. The second kappa shape index (κ2) is 6.13. The Labute approximate surface area is 164 Å². The fourth-order valence-corrected chi connectivity index (χ4v) is 3.91. The molecule has 0 aliphatic heterocycles. The standard InChI is InChI=1S/C26H22N2/c1-26(2,3)25-27-23(17-11-5-4-6-12-17)22-20-15-9-7-13-18(20)19-14-8-10-16-21(19)24(22)28-25/h4-16H,1-3H3. The third kappa shape index (κ3) is 2.56. The molecule has 2 nitrogen and oxygen atoms in total. The number of aromatic nitrogens is 2. The average molecular weight is 362 g/mol. The van der Waals surface area contributed by atoms with E-state index in [1.165, 1.54) is 21.5 Å². The summed E-state index contributed by atoms with van der Waals surface area (Å²) in [5.74, 6) is 0.874. The molecule has 0 aliphatic carbocycles. The molecular weight excluding hydrogens is 340 g/mol. The topological polar surface area (TPSA) is 25.8 Å². The Bertz CT molecular complexity index is 1330. The summed E-state index contributed by atoms with van der Waals surface area (Å²) >= 11 is 0. The number of rotatable bonds is 1. The molecule has 0 radical (unpaired) electrons. The zero-order valence-corrected chi connectivity index (χ0v) is 16.4. The summed E-state index contributed by atoms with van der Waals surface area (Å²) in [6.45, 7) is 6.52. The molecule has 1 heterocycles. The first-order valence-corrected chi connectivity index (χ1v) is 9.71. The van der Waals surface area contributed by atoms with Crippen molar-refractivity contribution in [2.45, 2.75) is 26.2 Å². The van der Waals surface area contributed by atoms with Crippen molar-refractivity contribution in [3.63, 3.8) is 0 Å². The minimum Gasteiger partial charge on any atom is -0.232 e. The Hall–Kier alpha value is -3.26. The van der Waals surface area contributed by atoms with Crippen LogP contribution in [0.3, 0.4) is 0 Å². The lowest BCUT2D eigenvalue weighted by molar-refractivity contribution is 0.549. The number of hydrogen-bond donors (Lipinski definition) is 0. The van der Waals surface area contributed by atoms with E-state index < -0.39 is 0 Å². The minimum atomic E-state index is -0.134. The Morgan fingerprint density at radius 3 is 1.75 bits per heavy atom. The first-order valence-electron chi connectivity index (χ1n) is 9.71. The highest BCUT2D eigenvalue weighted by Crippen LogP contribution is 2.39. The van der Waals surface area contributed by atoms with Gasteiger partial charge in [-0.25, -0.2) is 9.97 Å². The quantitative estimate of drug-likeness (QED) is 0.303. The predicted octanol–water partition coefficient (Wildman–Crippen LogP) is 6.90. The lowest BCUT2D eigenvalue weighted by Crippen LogP contribution is -2.16. The maximum absolute atomic E-state index is 5.10. The van der Waals surface area contributed by atoms with Crippen LogP contribution in [0.25, 0.3) is 43.7 Å². The fraction of sp³-hybridized carbons (Fsp3) is 0.154. The van der Waals surface area contributed by atoms with Crippen molar-refractivity contribution in [2.75, 3.05) is 0 Å². The molecule has 0 N–H and O–H groups in total. The van der Waals surface area contributed by atoms with Gasteiger partial charge in [0.05, 0.1) is 11.2 Å². The average Bonchev–Trinajstić information content (AvgIpc) is 2.73. The molecule has 0 fully saturated rings. The zero-order valence-electron chi connectivity index (χ0n) is 16.4. The van der Waals surface area contributed by atoms with E-state index in [1.807, 2.05) is 6.07 Å². The lowest BCUT2D eigenvalue weighted by Gasteiger charge is -2.20. The molecule has 0 saturated heterocycles. The molecule has 0 saturated carbocycles. The van der Waals surface area contributed by atoms with Gasteiger partial charge in [-0.2, -0.15) is 0 Å². The van der Waals surface area contributed by atoms with Crippen LogP contribution in [0.15, 0.2) is 78.9 Å². The molecule has 0 bridgehead atoms. The highest BCUT2D eigenvalue weighted by molar-refractivity contribution is 6.26. The molecule has 0 unspecified atom stereocenters. The van der Waals surface area contributed by atoms with Crippen molar-refractivity contribution >= 4 is 32.4 Å². The van der Waals surface area contributed by atoms with Crippen molar-refractivity contribution in [2.24, 2.45) is 0 Å². The van der Waals surface area contributed by atoms with Crippen molar-refractivity contribution < 1.29 is 0 Å². The Kier molecular flexibility index (Phi) is 3.70. The first kappa shape index (κ1) is 16.9. The summed E-state index contributed by atoms with van der Waals surface area (Å²) in [5, 5.41) is 6.00. The maximum atomic E-state index is 5.10. The van der Waals surface area contributed by atoms with Crippen LogP contribution in [-0.2, 0) is 5.41 Å². The second-order valence-corrected chi connectivity index (χ2v) is 8.33. The normalized spacial score (nSPS) is 12.1. The third-order valence-electron chi connectivity index (χ3n) is 5.30. The summed E-state index contributed by atoms with van der Waals surface area (Å²) in [4.78, 5) is 10.2. The molecule has 0 aliphatic rings. The molecular formula is C26H22N2. The lowest BCUT2D eigenvalue weighted by atomic mass is 9.91. The van der Waals surface area contributed by atoms with Gasteiger partial charge in [0, 0.05) is 21.8 Å². The van der Waals surface area contributed by atoms with Gasteiger partial charge in [0.25, 0.3) is 0 Å². The Morgan fingerprint density at radius 2 is 1.11 bits per heavy atom. The van der Waals surface area contributed by atoms with Crippen LogP contribution in [0, 0.1) is 0 Å². The van der Waals surface area contributed by atoms with Gasteiger partial charge < -0.3 is 0 Å². The van der Waals surface area contributed by atoms with Crippen LogP contribution >= 0.6 is 0 Å². The molecule has 4 aromatic carbocycles. The number of hydrogen-bond acceptors (Lipinski definition) is 2. The molecule has 0 spiro atoms. The van der Waals surface area contributed by atoms with Crippen molar-refractivity contribution in [1.29, 1.82) is 0 Å². The Balaban J connectivity index is 2.09. The molecule has 136 valence electrons. The van der Waals surface area contributed by atoms with E-state index in [-0.39, 0.29) is 5.41 Å². The highest BCUT2D eigenvalue weighted by atomic mass is 14.9. The van der Waals surface area contributed by atoms with Gasteiger partial charge in [0.15, 0.2) is 0 Å². The zero-order chi connectivity index (χ0) is 19.3. The van der Waals surface area contributed by atoms with E-state index in [9.17, 15) is 0 Å². The van der Waals surface area contributed by atoms with E-state index in [0.717, 1.165) is 28.0 Å². The summed E-state index contributed by atoms with van der Waals surface area (Å²) in [7, 11) is 0. The molecule has 0 atom stereocenters. The second-order valence-electron chi connectivity index (χ2n) is 8.33. The molecule has 1 aromatic heterocycles. The van der Waals surface area contributed by atoms with Gasteiger partial charge in [0.1, 0.15) is 5.82 Å². The van der Waals surface area contributed by atoms with Crippen LogP contribution in [0.1, 0.15) is 26.6 Å². The third-order valence-corrected chi connectivity index (χ3v) is 5.30. The van der Waals surface area contributed by atoms with Crippen molar-refractivity contribution in [1.82, 2.24) is 9.97 Å². The van der Waals surface area contributed by atoms with Crippen molar-refractivity contribution in [3.8, 4) is 11.3 Å². The SMILES string of the molecule is CC(C)(C)c1nc(-c2ccccc2)c2c3ccccc3c3ccccc3c2n1.